The molecule has 0 atom stereocenters. The lowest BCUT2D eigenvalue weighted by Gasteiger charge is -2.11. The standard InChI is InChI=1S/C23H21BrN2O4S/c1-16-15-18(10-13-20(16)24)25-23(27)14-9-17-7-11-19(12-8-17)31(28,29)26-21-5-3-4-6-22(21)30-2/h3-15,26H,1-2H3,(H,25,27)/b14-9+. The summed E-state index contributed by atoms with van der Waals surface area (Å²) in [5.74, 6) is 0.147. The van der Waals surface area contributed by atoms with Crippen LogP contribution in [0.15, 0.2) is 82.2 Å². The molecule has 0 fully saturated rings. The Balaban J connectivity index is 1.67. The van der Waals surface area contributed by atoms with Gasteiger partial charge < -0.3 is 10.1 Å². The molecule has 8 heteroatoms. The molecule has 2 N–H and O–H groups in total. The van der Waals surface area contributed by atoms with Crippen LogP contribution in [0.4, 0.5) is 11.4 Å². The summed E-state index contributed by atoms with van der Waals surface area (Å²) < 4.78 is 34.0. The van der Waals surface area contributed by atoms with E-state index >= 15 is 0 Å². The van der Waals surface area contributed by atoms with E-state index in [-0.39, 0.29) is 10.8 Å². The number of rotatable bonds is 7. The largest absolute Gasteiger partial charge is 0.495 e. The summed E-state index contributed by atoms with van der Waals surface area (Å²) in [4.78, 5) is 12.2. The molecular weight excluding hydrogens is 480 g/mol. The van der Waals surface area contributed by atoms with E-state index < -0.39 is 10.0 Å². The molecule has 0 aliphatic rings. The van der Waals surface area contributed by atoms with E-state index in [1.165, 1.54) is 25.3 Å². The lowest BCUT2D eigenvalue weighted by molar-refractivity contribution is -0.111. The summed E-state index contributed by atoms with van der Waals surface area (Å²) in [5.41, 5.74) is 2.76. The van der Waals surface area contributed by atoms with Crippen molar-refractivity contribution >= 4 is 49.3 Å². The van der Waals surface area contributed by atoms with Crippen molar-refractivity contribution in [2.24, 2.45) is 0 Å². The molecular formula is C23H21BrN2O4S. The fraction of sp³-hybridized carbons (Fsp3) is 0.0870. The molecule has 3 aromatic carbocycles. The maximum atomic E-state index is 12.6. The Morgan fingerprint density at radius 3 is 2.42 bits per heavy atom. The predicted molar refractivity (Wildman–Crippen MR) is 127 cm³/mol. The highest BCUT2D eigenvalue weighted by molar-refractivity contribution is 9.10. The molecule has 31 heavy (non-hydrogen) atoms. The van der Waals surface area contributed by atoms with Crippen LogP contribution in [0, 0.1) is 6.92 Å². The number of ether oxygens (including phenoxy) is 1. The van der Waals surface area contributed by atoms with Gasteiger partial charge in [-0.15, -0.1) is 0 Å². The van der Waals surface area contributed by atoms with Gasteiger partial charge in [-0.3, -0.25) is 9.52 Å². The Bertz CT molecular complexity index is 1220. The molecule has 0 spiro atoms. The average Bonchev–Trinajstić information content (AvgIpc) is 2.75. The van der Waals surface area contributed by atoms with Gasteiger partial charge in [0.05, 0.1) is 17.7 Å². The van der Waals surface area contributed by atoms with Gasteiger partial charge in [-0.05, 0) is 66.6 Å². The number of carbonyl (C=O) groups is 1. The van der Waals surface area contributed by atoms with Crippen LogP contribution in [0.2, 0.25) is 0 Å². The van der Waals surface area contributed by atoms with Crippen molar-refractivity contribution in [3.63, 3.8) is 0 Å². The van der Waals surface area contributed by atoms with Gasteiger partial charge in [-0.25, -0.2) is 8.42 Å². The lowest BCUT2D eigenvalue weighted by Crippen LogP contribution is -2.13. The minimum Gasteiger partial charge on any atom is -0.495 e. The van der Waals surface area contributed by atoms with Crippen LogP contribution in [-0.4, -0.2) is 21.4 Å². The number of methoxy groups -OCH3 is 1. The van der Waals surface area contributed by atoms with Crippen molar-refractivity contribution in [2.75, 3.05) is 17.1 Å². The van der Waals surface area contributed by atoms with E-state index in [2.05, 4.69) is 26.0 Å². The molecule has 6 nitrogen and oxygen atoms in total. The molecule has 0 saturated heterocycles. The molecule has 0 bridgehead atoms. The quantitative estimate of drug-likeness (QED) is 0.435. The van der Waals surface area contributed by atoms with Crippen LogP contribution in [0.5, 0.6) is 5.75 Å². The van der Waals surface area contributed by atoms with Crippen LogP contribution in [-0.2, 0) is 14.8 Å². The topological polar surface area (TPSA) is 84.5 Å². The van der Waals surface area contributed by atoms with Gasteiger partial charge >= 0.3 is 0 Å². The lowest BCUT2D eigenvalue weighted by atomic mass is 10.2. The smallest absolute Gasteiger partial charge is 0.262 e. The number of hydrogen-bond donors (Lipinski definition) is 2. The van der Waals surface area contributed by atoms with Crippen LogP contribution in [0.3, 0.4) is 0 Å². The Kier molecular flexibility index (Phi) is 7.14. The molecule has 3 aromatic rings. The highest BCUT2D eigenvalue weighted by Gasteiger charge is 2.16. The highest BCUT2D eigenvalue weighted by atomic mass is 79.9. The minimum absolute atomic E-state index is 0.102. The molecule has 0 saturated carbocycles. The second kappa shape index (κ2) is 9.80. The Morgan fingerprint density at radius 2 is 1.74 bits per heavy atom. The zero-order valence-electron chi connectivity index (χ0n) is 16.9. The number of nitrogens with one attached hydrogen (secondary N) is 2. The third kappa shape index (κ3) is 5.96. The fourth-order valence-corrected chi connectivity index (χ4v) is 4.09. The zero-order chi connectivity index (χ0) is 22.4. The van der Waals surface area contributed by atoms with E-state index in [1.54, 1.807) is 48.5 Å². The van der Waals surface area contributed by atoms with E-state index in [0.29, 0.717) is 22.7 Å². The minimum atomic E-state index is -3.78. The maximum Gasteiger partial charge on any atom is 0.262 e. The van der Waals surface area contributed by atoms with Gasteiger partial charge in [-0.2, -0.15) is 0 Å². The summed E-state index contributed by atoms with van der Waals surface area (Å²) in [6.45, 7) is 1.94. The molecule has 3 rings (SSSR count). The van der Waals surface area contributed by atoms with Gasteiger partial charge in [0.1, 0.15) is 5.75 Å². The maximum absolute atomic E-state index is 12.6. The number of amides is 1. The number of sulfonamides is 1. The first-order valence-electron chi connectivity index (χ1n) is 9.29. The molecule has 0 unspecified atom stereocenters. The molecule has 0 aromatic heterocycles. The van der Waals surface area contributed by atoms with Crippen molar-refractivity contribution < 1.29 is 17.9 Å². The van der Waals surface area contributed by atoms with Crippen LogP contribution < -0.4 is 14.8 Å². The number of aryl methyl sites for hydroxylation is 1. The van der Waals surface area contributed by atoms with Crippen molar-refractivity contribution in [1.29, 1.82) is 0 Å². The fourth-order valence-electron chi connectivity index (χ4n) is 2.77. The van der Waals surface area contributed by atoms with E-state index in [9.17, 15) is 13.2 Å². The molecule has 0 radical (unpaired) electrons. The van der Waals surface area contributed by atoms with Gasteiger partial charge in [0.25, 0.3) is 10.0 Å². The number of carbonyl (C=O) groups excluding carboxylic acids is 1. The molecule has 160 valence electrons. The monoisotopic (exact) mass is 500 g/mol. The molecule has 0 aliphatic heterocycles. The van der Waals surface area contributed by atoms with Gasteiger partial charge in [-0.1, -0.05) is 40.2 Å². The molecule has 1 amide bonds. The van der Waals surface area contributed by atoms with Crippen molar-refractivity contribution in [1.82, 2.24) is 0 Å². The Hall–Kier alpha value is -3.10. The van der Waals surface area contributed by atoms with Crippen LogP contribution in [0.1, 0.15) is 11.1 Å². The number of halogens is 1. The van der Waals surface area contributed by atoms with Gasteiger partial charge in [0.2, 0.25) is 5.91 Å². The summed E-state index contributed by atoms with van der Waals surface area (Å²) in [5, 5.41) is 2.79. The average molecular weight is 501 g/mol. The third-order valence-corrected chi connectivity index (χ3v) is 6.67. The van der Waals surface area contributed by atoms with Gasteiger partial charge in [0.15, 0.2) is 0 Å². The highest BCUT2D eigenvalue weighted by Crippen LogP contribution is 2.26. The Morgan fingerprint density at radius 1 is 1.03 bits per heavy atom. The van der Waals surface area contributed by atoms with Crippen molar-refractivity contribution in [2.45, 2.75) is 11.8 Å². The second-order valence-electron chi connectivity index (χ2n) is 6.66. The van der Waals surface area contributed by atoms with E-state index in [0.717, 1.165) is 10.0 Å². The first-order valence-corrected chi connectivity index (χ1v) is 11.6. The Labute approximate surface area is 190 Å². The number of para-hydroxylation sites is 2. The summed E-state index contributed by atoms with van der Waals surface area (Å²) in [6, 6.07) is 18.5. The number of benzene rings is 3. The number of anilines is 2. The first-order chi connectivity index (χ1) is 14.8. The van der Waals surface area contributed by atoms with Crippen molar-refractivity contribution in [3.8, 4) is 5.75 Å². The normalized spacial score (nSPS) is 11.3. The second-order valence-corrected chi connectivity index (χ2v) is 9.20. The van der Waals surface area contributed by atoms with Crippen LogP contribution in [0.25, 0.3) is 6.08 Å². The first kappa shape index (κ1) is 22.6. The summed E-state index contributed by atoms with van der Waals surface area (Å²) in [7, 11) is -2.30. The zero-order valence-corrected chi connectivity index (χ0v) is 19.3. The van der Waals surface area contributed by atoms with E-state index in [4.69, 9.17) is 4.74 Å². The van der Waals surface area contributed by atoms with E-state index in [1.807, 2.05) is 19.1 Å². The van der Waals surface area contributed by atoms with Crippen LogP contribution >= 0.6 is 15.9 Å². The molecule has 0 aliphatic carbocycles. The summed E-state index contributed by atoms with van der Waals surface area (Å²) in [6.07, 6.45) is 3.01. The third-order valence-electron chi connectivity index (χ3n) is 4.39. The summed E-state index contributed by atoms with van der Waals surface area (Å²) >= 11 is 3.42. The molecule has 0 heterocycles. The SMILES string of the molecule is COc1ccccc1NS(=O)(=O)c1ccc(/C=C/C(=O)Nc2ccc(Br)c(C)c2)cc1. The van der Waals surface area contributed by atoms with Crippen molar-refractivity contribution in [3.05, 3.63) is 88.4 Å². The predicted octanol–water partition coefficient (Wildman–Crippen LogP) is 5.22. The van der Waals surface area contributed by atoms with Gasteiger partial charge in [0, 0.05) is 16.2 Å². The number of hydrogen-bond acceptors (Lipinski definition) is 4.